The number of rotatable bonds is 9. The lowest BCUT2D eigenvalue weighted by molar-refractivity contribution is -0.139. The van der Waals surface area contributed by atoms with Crippen LogP contribution >= 0.6 is 23.2 Å². The number of nitrogens with one attached hydrogen (secondary N) is 2. The number of aromatic nitrogens is 1. The first-order chi connectivity index (χ1) is 16.9. The number of ether oxygens (including phenoxy) is 1. The van der Waals surface area contributed by atoms with E-state index in [9.17, 15) is 14.7 Å². The van der Waals surface area contributed by atoms with Gasteiger partial charge in [-0.15, -0.1) is 0 Å². The maximum absolute atomic E-state index is 12.5. The summed E-state index contributed by atoms with van der Waals surface area (Å²) in [5.74, 6) is -0.0778. The van der Waals surface area contributed by atoms with Gasteiger partial charge in [0, 0.05) is 30.1 Å². The summed E-state index contributed by atoms with van der Waals surface area (Å²) in [5.41, 5.74) is 3.13. The number of carbonyl (C=O) groups is 2. The number of carboxylic acids is 1. The Morgan fingerprint density at radius 1 is 1.11 bits per heavy atom. The summed E-state index contributed by atoms with van der Waals surface area (Å²) in [4.78, 5) is 28.9. The van der Waals surface area contributed by atoms with Crippen LogP contribution in [-0.4, -0.2) is 41.2 Å². The van der Waals surface area contributed by atoms with Crippen LogP contribution in [-0.2, 0) is 24.1 Å². The lowest BCUT2D eigenvalue weighted by Crippen LogP contribution is -2.42. The van der Waals surface area contributed by atoms with Gasteiger partial charge in [0.15, 0.2) is 0 Å². The van der Waals surface area contributed by atoms with Crippen molar-refractivity contribution >= 4 is 40.9 Å². The molecule has 0 aliphatic carbocycles. The first-order valence-corrected chi connectivity index (χ1v) is 12.1. The zero-order valence-corrected chi connectivity index (χ0v) is 20.4. The maximum atomic E-state index is 12.5. The third kappa shape index (κ3) is 6.65. The summed E-state index contributed by atoms with van der Waals surface area (Å²) >= 11 is 11.9. The van der Waals surface area contributed by atoms with Crippen molar-refractivity contribution in [1.29, 1.82) is 0 Å². The molecule has 3 aromatic rings. The molecule has 0 unspecified atom stereocenters. The van der Waals surface area contributed by atoms with E-state index >= 15 is 0 Å². The van der Waals surface area contributed by atoms with E-state index in [0.717, 1.165) is 36.5 Å². The average Bonchev–Trinajstić information content (AvgIpc) is 2.84. The molecule has 0 saturated carbocycles. The van der Waals surface area contributed by atoms with Gasteiger partial charge < -0.3 is 20.5 Å². The van der Waals surface area contributed by atoms with Crippen LogP contribution < -0.4 is 15.4 Å². The predicted molar refractivity (Wildman–Crippen MR) is 136 cm³/mol. The normalized spacial score (nSPS) is 13.3. The van der Waals surface area contributed by atoms with Crippen molar-refractivity contribution in [2.45, 2.75) is 31.7 Å². The van der Waals surface area contributed by atoms with Gasteiger partial charge in [0.25, 0.3) is 5.91 Å². The van der Waals surface area contributed by atoms with Crippen LogP contribution in [0.15, 0.2) is 54.6 Å². The number of pyridine rings is 1. The van der Waals surface area contributed by atoms with E-state index in [1.807, 2.05) is 6.07 Å². The molecule has 1 atom stereocenters. The molecule has 2 aromatic carbocycles. The van der Waals surface area contributed by atoms with E-state index in [2.05, 4.69) is 21.7 Å². The number of anilines is 1. The quantitative estimate of drug-likeness (QED) is 0.380. The fraction of sp³-hybridized carbons (Fsp3) is 0.269. The fourth-order valence-electron chi connectivity index (χ4n) is 3.85. The van der Waals surface area contributed by atoms with Gasteiger partial charge in [0.05, 0.1) is 17.2 Å². The van der Waals surface area contributed by atoms with E-state index in [1.54, 1.807) is 24.3 Å². The number of hydrogen-bond acceptors (Lipinski definition) is 5. The van der Waals surface area contributed by atoms with Crippen LogP contribution in [0.3, 0.4) is 0 Å². The highest BCUT2D eigenvalue weighted by molar-refractivity contribution is 6.36. The second kappa shape index (κ2) is 11.4. The van der Waals surface area contributed by atoms with E-state index < -0.39 is 17.9 Å². The van der Waals surface area contributed by atoms with Crippen LogP contribution in [0.25, 0.3) is 0 Å². The zero-order valence-electron chi connectivity index (χ0n) is 18.9. The molecule has 1 aliphatic rings. The number of carbonyl (C=O) groups excluding carboxylic acids is 1. The van der Waals surface area contributed by atoms with Gasteiger partial charge in [-0.25, -0.2) is 9.78 Å². The molecule has 2 heterocycles. The van der Waals surface area contributed by atoms with Crippen molar-refractivity contribution in [3.05, 3.63) is 87.0 Å². The monoisotopic (exact) mass is 513 g/mol. The first-order valence-electron chi connectivity index (χ1n) is 11.3. The van der Waals surface area contributed by atoms with E-state index in [0.29, 0.717) is 23.8 Å². The van der Waals surface area contributed by atoms with Crippen molar-refractivity contribution in [1.82, 2.24) is 10.3 Å². The highest BCUT2D eigenvalue weighted by Gasteiger charge is 2.22. The minimum absolute atomic E-state index is 0.110. The van der Waals surface area contributed by atoms with Crippen molar-refractivity contribution in [3.8, 4) is 5.75 Å². The molecular weight excluding hydrogens is 489 g/mol. The third-order valence-corrected chi connectivity index (χ3v) is 6.27. The van der Waals surface area contributed by atoms with Gasteiger partial charge in [0.1, 0.15) is 17.6 Å². The van der Waals surface area contributed by atoms with Gasteiger partial charge in [0.2, 0.25) is 0 Å². The number of nitrogens with zero attached hydrogens (tertiary/aromatic N) is 1. The first kappa shape index (κ1) is 24.8. The van der Waals surface area contributed by atoms with Crippen LogP contribution in [0.5, 0.6) is 5.75 Å². The number of aryl methyl sites for hydroxylation is 1. The summed E-state index contributed by atoms with van der Waals surface area (Å²) in [5, 5.41) is 16.0. The summed E-state index contributed by atoms with van der Waals surface area (Å²) in [7, 11) is 0. The number of amides is 1. The Kier molecular flexibility index (Phi) is 8.10. The van der Waals surface area contributed by atoms with Gasteiger partial charge in [-0.2, -0.15) is 0 Å². The minimum Gasteiger partial charge on any atom is -0.493 e. The fourth-order valence-corrected chi connectivity index (χ4v) is 4.34. The molecule has 35 heavy (non-hydrogen) atoms. The number of halogens is 2. The Labute approximate surface area is 213 Å². The van der Waals surface area contributed by atoms with Gasteiger partial charge in [-0.3, -0.25) is 4.79 Å². The molecule has 9 heteroatoms. The molecule has 7 nitrogen and oxygen atoms in total. The topological polar surface area (TPSA) is 101 Å². The Hall–Kier alpha value is -3.29. The average molecular weight is 514 g/mol. The zero-order chi connectivity index (χ0) is 24.8. The molecule has 3 N–H and O–H groups in total. The van der Waals surface area contributed by atoms with Crippen LogP contribution in [0.4, 0.5) is 5.82 Å². The molecule has 0 radical (unpaired) electrons. The van der Waals surface area contributed by atoms with Crippen LogP contribution in [0.2, 0.25) is 10.0 Å². The van der Waals surface area contributed by atoms with E-state index in [4.69, 9.17) is 27.9 Å². The molecule has 1 aliphatic heterocycles. The van der Waals surface area contributed by atoms with Crippen molar-refractivity contribution < 1.29 is 19.4 Å². The molecule has 0 fully saturated rings. The third-order valence-electron chi connectivity index (χ3n) is 5.72. The number of fused-ring (bicyclic) bond motifs is 1. The van der Waals surface area contributed by atoms with Crippen molar-refractivity contribution in [2.24, 2.45) is 0 Å². The molecule has 0 bridgehead atoms. The Morgan fingerprint density at radius 3 is 2.66 bits per heavy atom. The predicted octanol–water partition coefficient (Wildman–Crippen LogP) is 4.79. The number of carboxylic acid groups (broad SMARTS) is 1. The van der Waals surface area contributed by atoms with E-state index in [-0.39, 0.29) is 17.0 Å². The Morgan fingerprint density at radius 2 is 1.91 bits per heavy atom. The van der Waals surface area contributed by atoms with Crippen molar-refractivity contribution in [2.75, 3.05) is 18.5 Å². The standard InChI is InChI=1S/C26H25Cl2N3O4/c27-18-6-10-21(22(28)15-18)25(32)31-23(26(33)34)14-16-3-8-20(9-4-16)35-13-11-19-7-5-17-2-1-12-29-24(17)30-19/h3-10,15,23H,1-2,11-14H2,(H,29,30)(H,31,32)(H,33,34)/t23-/m0/s1. The van der Waals surface area contributed by atoms with Crippen LogP contribution in [0, 0.1) is 0 Å². The Bertz CT molecular complexity index is 1220. The second-order valence-corrected chi connectivity index (χ2v) is 9.12. The smallest absolute Gasteiger partial charge is 0.326 e. The van der Waals surface area contributed by atoms with Crippen molar-refractivity contribution in [3.63, 3.8) is 0 Å². The lowest BCUT2D eigenvalue weighted by Gasteiger charge is -2.17. The molecule has 0 spiro atoms. The highest BCUT2D eigenvalue weighted by Crippen LogP contribution is 2.22. The largest absolute Gasteiger partial charge is 0.493 e. The molecule has 1 amide bonds. The summed E-state index contributed by atoms with van der Waals surface area (Å²) in [6.07, 6.45) is 2.97. The summed E-state index contributed by atoms with van der Waals surface area (Å²) in [6, 6.07) is 14.6. The summed E-state index contributed by atoms with van der Waals surface area (Å²) in [6.45, 7) is 1.42. The van der Waals surface area contributed by atoms with Gasteiger partial charge in [-0.05, 0) is 60.4 Å². The minimum atomic E-state index is -1.14. The molecule has 1 aromatic heterocycles. The molecule has 182 valence electrons. The van der Waals surface area contributed by atoms with E-state index in [1.165, 1.54) is 23.8 Å². The van der Waals surface area contributed by atoms with Gasteiger partial charge >= 0.3 is 5.97 Å². The lowest BCUT2D eigenvalue weighted by atomic mass is 10.1. The SMILES string of the molecule is O=C(N[C@@H](Cc1ccc(OCCc2ccc3c(n2)NCCC3)cc1)C(=O)O)c1ccc(Cl)cc1Cl. The Balaban J connectivity index is 1.30. The maximum Gasteiger partial charge on any atom is 0.326 e. The molecular formula is C26H25Cl2N3O4. The number of aliphatic carboxylic acids is 1. The number of benzene rings is 2. The van der Waals surface area contributed by atoms with Gasteiger partial charge in [-0.1, -0.05) is 41.4 Å². The second-order valence-electron chi connectivity index (χ2n) is 8.28. The van der Waals surface area contributed by atoms with Crippen LogP contribution in [0.1, 0.15) is 33.6 Å². The summed E-state index contributed by atoms with van der Waals surface area (Å²) < 4.78 is 5.83. The molecule has 4 rings (SSSR count). The molecule has 0 saturated heterocycles. The number of hydrogen-bond donors (Lipinski definition) is 3. The highest BCUT2D eigenvalue weighted by atomic mass is 35.5.